The molecule has 0 spiro atoms. The summed E-state index contributed by atoms with van der Waals surface area (Å²) in [5, 5.41) is 4.22. The molecule has 1 saturated heterocycles. The Morgan fingerprint density at radius 1 is 1.17 bits per heavy atom. The van der Waals surface area contributed by atoms with Gasteiger partial charge in [0.05, 0.1) is 5.56 Å². The van der Waals surface area contributed by atoms with E-state index in [2.05, 4.69) is 5.32 Å². The molecule has 0 bridgehead atoms. The maximum atomic E-state index is 12.4. The van der Waals surface area contributed by atoms with Crippen LogP contribution in [0.4, 0.5) is 4.79 Å². The standard InChI is InChI=1S/C17H16N2O4/c1-11(15(20)19-10-9-18-17(19)22)23-16(21)14-8-4-6-12-5-2-3-7-13(12)14/h2-8,11H,9-10H2,1H3,(H,18,22). The number of amides is 3. The molecule has 6 heteroatoms. The summed E-state index contributed by atoms with van der Waals surface area (Å²) in [6.07, 6.45) is -1.02. The highest BCUT2D eigenvalue weighted by Gasteiger charge is 2.31. The third-order valence-electron chi connectivity index (χ3n) is 3.76. The largest absolute Gasteiger partial charge is 0.449 e. The highest BCUT2D eigenvalue weighted by atomic mass is 16.5. The molecule has 118 valence electrons. The summed E-state index contributed by atoms with van der Waals surface area (Å²) in [5.41, 5.74) is 0.397. The van der Waals surface area contributed by atoms with Crippen LogP contribution in [0.15, 0.2) is 42.5 Å². The number of ether oxygens (including phenoxy) is 1. The molecular formula is C17H16N2O4. The number of carbonyl (C=O) groups excluding carboxylic acids is 3. The van der Waals surface area contributed by atoms with Crippen molar-refractivity contribution < 1.29 is 19.1 Å². The number of hydrogen-bond donors (Lipinski definition) is 1. The average Bonchev–Trinajstić information content (AvgIpc) is 2.99. The summed E-state index contributed by atoms with van der Waals surface area (Å²) in [6, 6.07) is 12.3. The Balaban J connectivity index is 1.78. The number of carbonyl (C=O) groups is 3. The number of nitrogens with one attached hydrogen (secondary N) is 1. The van der Waals surface area contributed by atoms with Crippen LogP contribution in [0.2, 0.25) is 0 Å². The number of imide groups is 1. The van der Waals surface area contributed by atoms with E-state index >= 15 is 0 Å². The van der Waals surface area contributed by atoms with Crippen LogP contribution >= 0.6 is 0 Å². The van der Waals surface area contributed by atoms with Crippen molar-refractivity contribution in [1.29, 1.82) is 0 Å². The predicted octanol–water partition coefficient (Wildman–Crippen LogP) is 1.94. The lowest BCUT2D eigenvalue weighted by Crippen LogP contribution is -2.41. The van der Waals surface area contributed by atoms with Crippen LogP contribution in [0.1, 0.15) is 17.3 Å². The minimum atomic E-state index is -1.02. The molecule has 1 aliphatic rings. The fourth-order valence-electron chi connectivity index (χ4n) is 2.58. The first kappa shape index (κ1) is 15.0. The Labute approximate surface area is 133 Å². The second kappa shape index (κ2) is 6.08. The van der Waals surface area contributed by atoms with Crippen molar-refractivity contribution in [1.82, 2.24) is 10.2 Å². The molecule has 1 heterocycles. The molecule has 6 nitrogen and oxygen atoms in total. The Kier molecular flexibility index (Phi) is 3.97. The lowest BCUT2D eigenvalue weighted by molar-refractivity contribution is -0.136. The fraction of sp³-hybridized carbons (Fsp3) is 0.235. The molecule has 3 amide bonds. The number of benzene rings is 2. The van der Waals surface area contributed by atoms with Gasteiger partial charge in [-0.3, -0.25) is 9.69 Å². The van der Waals surface area contributed by atoms with Gasteiger partial charge in [0.2, 0.25) is 0 Å². The number of urea groups is 1. The van der Waals surface area contributed by atoms with Crippen LogP contribution in [-0.2, 0) is 9.53 Å². The topological polar surface area (TPSA) is 75.7 Å². The Morgan fingerprint density at radius 3 is 2.65 bits per heavy atom. The van der Waals surface area contributed by atoms with Crippen molar-refractivity contribution in [3.8, 4) is 0 Å². The highest BCUT2D eigenvalue weighted by Crippen LogP contribution is 2.20. The van der Waals surface area contributed by atoms with Gasteiger partial charge in [0.15, 0.2) is 6.10 Å². The molecule has 23 heavy (non-hydrogen) atoms. The molecular weight excluding hydrogens is 296 g/mol. The van der Waals surface area contributed by atoms with Crippen molar-refractivity contribution in [3.05, 3.63) is 48.0 Å². The summed E-state index contributed by atoms with van der Waals surface area (Å²) in [6.45, 7) is 2.17. The summed E-state index contributed by atoms with van der Waals surface area (Å²) < 4.78 is 5.26. The minimum absolute atomic E-state index is 0.286. The molecule has 1 aliphatic heterocycles. The summed E-state index contributed by atoms with van der Waals surface area (Å²) in [7, 11) is 0. The summed E-state index contributed by atoms with van der Waals surface area (Å²) in [4.78, 5) is 37.1. The fourth-order valence-corrected chi connectivity index (χ4v) is 2.58. The first-order valence-electron chi connectivity index (χ1n) is 7.36. The van der Waals surface area contributed by atoms with Gasteiger partial charge in [0.1, 0.15) is 0 Å². The second-order valence-corrected chi connectivity index (χ2v) is 5.30. The van der Waals surface area contributed by atoms with E-state index in [0.717, 1.165) is 15.7 Å². The van der Waals surface area contributed by atoms with Crippen LogP contribution in [0.5, 0.6) is 0 Å². The Morgan fingerprint density at radius 2 is 1.91 bits per heavy atom. The third-order valence-corrected chi connectivity index (χ3v) is 3.76. The van der Waals surface area contributed by atoms with Gasteiger partial charge in [0.25, 0.3) is 5.91 Å². The summed E-state index contributed by atoms with van der Waals surface area (Å²) >= 11 is 0. The molecule has 2 aromatic rings. The van der Waals surface area contributed by atoms with E-state index < -0.39 is 24.0 Å². The molecule has 0 aromatic heterocycles. The highest BCUT2D eigenvalue weighted by molar-refractivity contribution is 6.05. The van der Waals surface area contributed by atoms with Gasteiger partial charge in [-0.1, -0.05) is 36.4 Å². The quantitative estimate of drug-likeness (QED) is 0.879. The van der Waals surface area contributed by atoms with E-state index in [1.165, 1.54) is 6.92 Å². The first-order chi connectivity index (χ1) is 11.1. The van der Waals surface area contributed by atoms with Crippen molar-refractivity contribution in [2.24, 2.45) is 0 Å². The number of nitrogens with zero attached hydrogens (tertiary/aromatic N) is 1. The maximum Gasteiger partial charge on any atom is 0.339 e. The zero-order chi connectivity index (χ0) is 16.4. The molecule has 3 rings (SSSR count). The molecule has 0 aliphatic carbocycles. The first-order valence-corrected chi connectivity index (χ1v) is 7.36. The van der Waals surface area contributed by atoms with Crippen LogP contribution in [0, 0.1) is 0 Å². The SMILES string of the molecule is CC(OC(=O)c1cccc2ccccc12)C(=O)N1CCNC1=O. The maximum absolute atomic E-state index is 12.4. The molecule has 1 N–H and O–H groups in total. The predicted molar refractivity (Wildman–Crippen MR) is 83.9 cm³/mol. The van der Waals surface area contributed by atoms with Gasteiger partial charge >= 0.3 is 12.0 Å². The van der Waals surface area contributed by atoms with Crippen molar-refractivity contribution in [2.45, 2.75) is 13.0 Å². The monoisotopic (exact) mass is 312 g/mol. The average molecular weight is 312 g/mol. The number of fused-ring (bicyclic) bond motifs is 1. The third kappa shape index (κ3) is 2.88. The van der Waals surface area contributed by atoms with E-state index in [1.807, 2.05) is 30.3 Å². The normalized spacial score (nSPS) is 15.3. The zero-order valence-electron chi connectivity index (χ0n) is 12.6. The second-order valence-electron chi connectivity index (χ2n) is 5.30. The number of esters is 1. The van der Waals surface area contributed by atoms with Gasteiger partial charge in [-0.25, -0.2) is 9.59 Å². The smallest absolute Gasteiger partial charge is 0.339 e. The lowest BCUT2D eigenvalue weighted by atomic mass is 10.0. The molecule has 0 radical (unpaired) electrons. The van der Waals surface area contributed by atoms with Gasteiger partial charge < -0.3 is 10.1 Å². The van der Waals surface area contributed by atoms with E-state index in [-0.39, 0.29) is 6.54 Å². The van der Waals surface area contributed by atoms with Gasteiger partial charge in [-0.15, -0.1) is 0 Å². The van der Waals surface area contributed by atoms with Crippen molar-refractivity contribution >= 4 is 28.7 Å². The molecule has 1 atom stereocenters. The van der Waals surface area contributed by atoms with Crippen LogP contribution in [0.25, 0.3) is 10.8 Å². The van der Waals surface area contributed by atoms with Crippen molar-refractivity contribution in [3.63, 3.8) is 0 Å². The molecule has 2 aromatic carbocycles. The Hall–Kier alpha value is -2.89. The van der Waals surface area contributed by atoms with Gasteiger partial charge in [0, 0.05) is 13.1 Å². The van der Waals surface area contributed by atoms with Crippen LogP contribution in [0.3, 0.4) is 0 Å². The molecule has 0 saturated carbocycles. The van der Waals surface area contributed by atoms with Crippen molar-refractivity contribution in [2.75, 3.05) is 13.1 Å². The molecule has 1 unspecified atom stereocenters. The lowest BCUT2D eigenvalue weighted by Gasteiger charge is -2.18. The molecule has 1 fully saturated rings. The van der Waals surface area contributed by atoms with Gasteiger partial charge in [-0.05, 0) is 23.8 Å². The van der Waals surface area contributed by atoms with Crippen LogP contribution in [-0.4, -0.2) is 42.0 Å². The minimum Gasteiger partial charge on any atom is -0.449 e. The van der Waals surface area contributed by atoms with E-state index in [0.29, 0.717) is 12.1 Å². The van der Waals surface area contributed by atoms with E-state index in [4.69, 9.17) is 4.74 Å². The van der Waals surface area contributed by atoms with Crippen LogP contribution < -0.4 is 5.32 Å². The van der Waals surface area contributed by atoms with E-state index in [1.54, 1.807) is 12.1 Å². The summed E-state index contributed by atoms with van der Waals surface area (Å²) in [5.74, 6) is -1.10. The zero-order valence-corrected chi connectivity index (χ0v) is 12.6. The number of rotatable bonds is 3. The van der Waals surface area contributed by atoms with Gasteiger partial charge in [-0.2, -0.15) is 0 Å². The Bertz CT molecular complexity index is 782. The number of hydrogen-bond acceptors (Lipinski definition) is 4. The van der Waals surface area contributed by atoms with E-state index in [9.17, 15) is 14.4 Å².